The van der Waals surface area contributed by atoms with Crippen molar-refractivity contribution in [3.05, 3.63) is 24.3 Å². The fraction of sp³-hybridized carbons (Fsp3) is 0.545. The Bertz CT molecular complexity index is 339. The Kier molecular flexibility index (Phi) is 4.37. The van der Waals surface area contributed by atoms with E-state index >= 15 is 0 Å². The minimum Gasteiger partial charge on any atom is -0.347 e. The molecular formula is C11H18N4O. The molecule has 1 aromatic rings. The standard InChI is InChI=1S/C11H18N4O/c1-7(2)10(12)11(16)15-8(3)9-6-13-4-5-14-9/h4-8,10H,12H2,1-3H3,(H,15,16)/t8-,10-/m0/s1. The van der Waals surface area contributed by atoms with Crippen molar-refractivity contribution < 1.29 is 4.79 Å². The van der Waals surface area contributed by atoms with Gasteiger partial charge in [0.1, 0.15) is 0 Å². The molecule has 0 aliphatic heterocycles. The van der Waals surface area contributed by atoms with Crippen molar-refractivity contribution in [1.82, 2.24) is 15.3 Å². The van der Waals surface area contributed by atoms with Crippen LogP contribution in [0.15, 0.2) is 18.6 Å². The van der Waals surface area contributed by atoms with Crippen LogP contribution in [0.2, 0.25) is 0 Å². The molecule has 1 aromatic heterocycles. The van der Waals surface area contributed by atoms with Crippen molar-refractivity contribution in [2.24, 2.45) is 11.7 Å². The van der Waals surface area contributed by atoms with Gasteiger partial charge in [0.25, 0.3) is 0 Å². The van der Waals surface area contributed by atoms with E-state index in [-0.39, 0.29) is 17.9 Å². The molecule has 0 radical (unpaired) electrons. The molecule has 0 fully saturated rings. The molecule has 0 spiro atoms. The fourth-order valence-electron chi connectivity index (χ4n) is 1.22. The number of nitrogens with one attached hydrogen (secondary N) is 1. The van der Waals surface area contributed by atoms with E-state index in [1.807, 2.05) is 20.8 Å². The van der Waals surface area contributed by atoms with Gasteiger partial charge in [0, 0.05) is 12.4 Å². The highest BCUT2D eigenvalue weighted by Gasteiger charge is 2.19. The fourth-order valence-corrected chi connectivity index (χ4v) is 1.22. The molecule has 1 amide bonds. The molecule has 3 N–H and O–H groups in total. The number of aromatic nitrogens is 2. The zero-order chi connectivity index (χ0) is 12.1. The summed E-state index contributed by atoms with van der Waals surface area (Å²) in [6, 6.07) is -0.662. The summed E-state index contributed by atoms with van der Waals surface area (Å²) in [6.45, 7) is 5.68. The van der Waals surface area contributed by atoms with Gasteiger partial charge in [-0.1, -0.05) is 13.8 Å². The SMILES string of the molecule is CC(C)[C@H](N)C(=O)N[C@@H](C)c1cnccn1. The smallest absolute Gasteiger partial charge is 0.237 e. The second kappa shape index (κ2) is 5.55. The maximum Gasteiger partial charge on any atom is 0.237 e. The number of nitrogens with zero attached hydrogens (tertiary/aromatic N) is 2. The highest BCUT2D eigenvalue weighted by Crippen LogP contribution is 2.07. The zero-order valence-electron chi connectivity index (χ0n) is 9.84. The number of rotatable bonds is 4. The van der Waals surface area contributed by atoms with Gasteiger partial charge in [-0.05, 0) is 12.8 Å². The molecule has 5 nitrogen and oxygen atoms in total. The van der Waals surface area contributed by atoms with Crippen LogP contribution >= 0.6 is 0 Å². The first kappa shape index (κ1) is 12.6. The maximum atomic E-state index is 11.7. The van der Waals surface area contributed by atoms with Crippen LogP contribution in [0, 0.1) is 5.92 Å². The van der Waals surface area contributed by atoms with E-state index in [1.54, 1.807) is 18.6 Å². The Balaban J connectivity index is 2.58. The van der Waals surface area contributed by atoms with Crippen molar-refractivity contribution in [1.29, 1.82) is 0 Å². The average Bonchev–Trinajstić information content (AvgIpc) is 2.28. The van der Waals surface area contributed by atoms with Gasteiger partial charge >= 0.3 is 0 Å². The largest absolute Gasteiger partial charge is 0.347 e. The van der Waals surface area contributed by atoms with Crippen LogP contribution in [0.5, 0.6) is 0 Å². The maximum absolute atomic E-state index is 11.7. The molecule has 0 bridgehead atoms. The Morgan fingerprint density at radius 2 is 2.06 bits per heavy atom. The van der Waals surface area contributed by atoms with Crippen molar-refractivity contribution in [2.75, 3.05) is 0 Å². The van der Waals surface area contributed by atoms with Gasteiger partial charge in [-0.25, -0.2) is 0 Å². The third-order valence-electron chi connectivity index (χ3n) is 2.41. The van der Waals surface area contributed by atoms with E-state index in [9.17, 15) is 4.79 Å². The first-order chi connectivity index (χ1) is 7.52. The van der Waals surface area contributed by atoms with Gasteiger partial charge in [-0.2, -0.15) is 0 Å². The van der Waals surface area contributed by atoms with Crippen LogP contribution in [-0.4, -0.2) is 21.9 Å². The summed E-state index contributed by atoms with van der Waals surface area (Å²) in [7, 11) is 0. The number of hydrogen-bond donors (Lipinski definition) is 2. The van der Waals surface area contributed by atoms with Gasteiger partial charge < -0.3 is 11.1 Å². The molecule has 0 aliphatic carbocycles. The van der Waals surface area contributed by atoms with Gasteiger partial charge in [0.2, 0.25) is 5.91 Å². The van der Waals surface area contributed by atoms with Crippen LogP contribution in [0.25, 0.3) is 0 Å². The Morgan fingerprint density at radius 1 is 1.38 bits per heavy atom. The van der Waals surface area contributed by atoms with Gasteiger partial charge in [-0.15, -0.1) is 0 Å². The molecule has 1 rings (SSSR count). The highest BCUT2D eigenvalue weighted by atomic mass is 16.2. The number of carbonyl (C=O) groups excluding carboxylic acids is 1. The normalized spacial score (nSPS) is 14.6. The lowest BCUT2D eigenvalue weighted by molar-refractivity contribution is -0.123. The van der Waals surface area contributed by atoms with Gasteiger partial charge in [-0.3, -0.25) is 14.8 Å². The number of amides is 1. The molecule has 0 saturated carbocycles. The minimum absolute atomic E-state index is 0.119. The second-order valence-electron chi connectivity index (χ2n) is 4.13. The lowest BCUT2D eigenvalue weighted by Gasteiger charge is -2.19. The Labute approximate surface area is 95.5 Å². The van der Waals surface area contributed by atoms with Crippen LogP contribution in [0.4, 0.5) is 0 Å². The van der Waals surface area contributed by atoms with E-state index < -0.39 is 6.04 Å². The Morgan fingerprint density at radius 3 is 2.56 bits per heavy atom. The first-order valence-electron chi connectivity index (χ1n) is 5.34. The van der Waals surface area contributed by atoms with Crippen LogP contribution < -0.4 is 11.1 Å². The summed E-state index contributed by atoms with van der Waals surface area (Å²) >= 11 is 0. The number of nitrogens with two attached hydrogens (primary N) is 1. The molecular weight excluding hydrogens is 204 g/mol. The summed E-state index contributed by atoms with van der Waals surface area (Å²) in [4.78, 5) is 19.7. The lowest BCUT2D eigenvalue weighted by atomic mass is 10.0. The average molecular weight is 222 g/mol. The van der Waals surface area contributed by atoms with Crippen molar-refractivity contribution in [2.45, 2.75) is 32.9 Å². The highest BCUT2D eigenvalue weighted by molar-refractivity contribution is 5.82. The predicted octanol–water partition coefficient (Wildman–Crippen LogP) is 0.637. The molecule has 5 heteroatoms. The number of carbonyl (C=O) groups is 1. The summed E-state index contributed by atoms with van der Waals surface area (Å²) in [5.74, 6) is -0.0396. The van der Waals surface area contributed by atoms with E-state index in [4.69, 9.17) is 5.73 Å². The quantitative estimate of drug-likeness (QED) is 0.783. The molecule has 0 aromatic carbocycles. The molecule has 0 aliphatic rings. The van der Waals surface area contributed by atoms with Crippen LogP contribution in [-0.2, 0) is 4.79 Å². The summed E-state index contributed by atoms with van der Waals surface area (Å²) < 4.78 is 0. The van der Waals surface area contributed by atoms with Gasteiger partial charge in [0.05, 0.1) is 24.0 Å². The van der Waals surface area contributed by atoms with Crippen molar-refractivity contribution in [3.63, 3.8) is 0 Å². The second-order valence-corrected chi connectivity index (χ2v) is 4.13. The van der Waals surface area contributed by atoms with E-state index in [0.29, 0.717) is 0 Å². The zero-order valence-corrected chi connectivity index (χ0v) is 9.84. The molecule has 0 unspecified atom stereocenters. The third kappa shape index (κ3) is 3.27. The van der Waals surface area contributed by atoms with Gasteiger partial charge in [0.15, 0.2) is 0 Å². The molecule has 1 heterocycles. The van der Waals surface area contributed by atoms with E-state index in [0.717, 1.165) is 5.69 Å². The summed E-state index contributed by atoms with van der Waals surface area (Å²) in [5.41, 5.74) is 6.47. The molecule has 16 heavy (non-hydrogen) atoms. The molecule has 0 saturated heterocycles. The van der Waals surface area contributed by atoms with Crippen molar-refractivity contribution in [3.8, 4) is 0 Å². The minimum atomic E-state index is -0.487. The predicted molar refractivity (Wildman–Crippen MR) is 61.4 cm³/mol. The first-order valence-corrected chi connectivity index (χ1v) is 5.34. The molecule has 2 atom stereocenters. The lowest BCUT2D eigenvalue weighted by Crippen LogP contribution is -2.44. The van der Waals surface area contributed by atoms with Crippen LogP contribution in [0.3, 0.4) is 0 Å². The van der Waals surface area contributed by atoms with Crippen LogP contribution in [0.1, 0.15) is 32.5 Å². The Hall–Kier alpha value is -1.49. The van der Waals surface area contributed by atoms with E-state index in [2.05, 4.69) is 15.3 Å². The van der Waals surface area contributed by atoms with E-state index in [1.165, 1.54) is 0 Å². The van der Waals surface area contributed by atoms with Crippen molar-refractivity contribution >= 4 is 5.91 Å². The topological polar surface area (TPSA) is 80.9 Å². The number of hydrogen-bond acceptors (Lipinski definition) is 4. The monoisotopic (exact) mass is 222 g/mol. The third-order valence-corrected chi connectivity index (χ3v) is 2.41. The molecule has 88 valence electrons. The summed E-state index contributed by atoms with van der Waals surface area (Å²) in [5, 5.41) is 2.81. The summed E-state index contributed by atoms with van der Waals surface area (Å²) in [6.07, 6.45) is 4.82.